The largest absolute Gasteiger partial charge is 0.508 e. The molecule has 1 aromatic heterocycles. The van der Waals surface area contributed by atoms with Crippen LogP contribution in [0.2, 0.25) is 0 Å². The summed E-state index contributed by atoms with van der Waals surface area (Å²) in [5.74, 6) is -0.753. The Morgan fingerprint density at radius 3 is 2.27 bits per heavy atom. The maximum Gasteiger partial charge on any atom is 0.197 e. The van der Waals surface area contributed by atoms with E-state index in [1.165, 1.54) is 30.3 Å². The second kappa shape index (κ2) is 4.92. The normalized spacial score (nSPS) is 10.7. The monoisotopic (exact) mass is 298 g/mol. The van der Waals surface area contributed by atoms with Gasteiger partial charge in [-0.15, -0.1) is 0 Å². The Bertz CT molecular complexity index is 937. The molecule has 0 aliphatic heterocycles. The first kappa shape index (κ1) is 13.7. The van der Waals surface area contributed by atoms with Gasteiger partial charge in [0.25, 0.3) is 0 Å². The first-order valence-electron chi connectivity index (χ1n) is 6.28. The van der Waals surface area contributed by atoms with Crippen LogP contribution in [-0.4, -0.2) is 21.6 Å². The molecule has 22 heavy (non-hydrogen) atoms. The summed E-state index contributed by atoms with van der Waals surface area (Å²) in [5.41, 5.74) is -0.463. The van der Waals surface area contributed by atoms with E-state index in [9.17, 15) is 24.9 Å². The minimum atomic E-state index is -0.551. The van der Waals surface area contributed by atoms with Crippen LogP contribution in [0.5, 0.6) is 17.2 Å². The predicted molar refractivity (Wildman–Crippen MR) is 78.3 cm³/mol. The summed E-state index contributed by atoms with van der Waals surface area (Å²) in [6.07, 6.45) is 0.348. The van der Waals surface area contributed by atoms with Crippen LogP contribution in [0.4, 0.5) is 0 Å². The molecular weight excluding hydrogens is 288 g/mol. The molecule has 1 heterocycles. The molecule has 0 aliphatic carbocycles. The van der Waals surface area contributed by atoms with E-state index in [1.807, 2.05) is 0 Å². The van der Waals surface area contributed by atoms with Crippen LogP contribution in [0.1, 0.15) is 10.4 Å². The number of carbonyl (C=O) groups excluding carboxylic acids is 1. The number of phenolic OH excluding ortho intramolecular Hbond substituents is 3. The predicted octanol–water partition coefficient (Wildman–Crippen LogP) is 2.39. The van der Waals surface area contributed by atoms with Crippen molar-refractivity contribution in [3.8, 4) is 28.6 Å². The lowest BCUT2D eigenvalue weighted by Gasteiger charge is -2.07. The maximum absolute atomic E-state index is 12.2. The van der Waals surface area contributed by atoms with Crippen molar-refractivity contribution >= 4 is 17.3 Å². The summed E-state index contributed by atoms with van der Waals surface area (Å²) in [7, 11) is 0. The topological polar surface area (TPSA) is 108 Å². The van der Waals surface area contributed by atoms with E-state index in [2.05, 4.69) is 0 Å². The van der Waals surface area contributed by atoms with Crippen LogP contribution < -0.4 is 5.43 Å². The molecule has 0 saturated heterocycles. The Balaban J connectivity index is 2.38. The minimum absolute atomic E-state index is 0.0516. The zero-order valence-corrected chi connectivity index (χ0v) is 11.1. The zero-order chi connectivity index (χ0) is 15.9. The fourth-order valence-corrected chi connectivity index (χ4v) is 2.20. The third-order valence-electron chi connectivity index (χ3n) is 3.27. The molecule has 6 nitrogen and oxygen atoms in total. The lowest BCUT2D eigenvalue weighted by Crippen LogP contribution is -2.02. The molecule has 0 radical (unpaired) electrons. The first-order valence-corrected chi connectivity index (χ1v) is 6.28. The van der Waals surface area contributed by atoms with Crippen molar-refractivity contribution in [2.75, 3.05) is 0 Å². The second-order valence-electron chi connectivity index (χ2n) is 4.67. The van der Waals surface area contributed by atoms with Crippen LogP contribution >= 0.6 is 0 Å². The van der Waals surface area contributed by atoms with Crippen LogP contribution in [0.15, 0.2) is 45.6 Å². The Morgan fingerprint density at radius 2 is 1.64 bits per heavy atom. The van der Waals surface area contributed by atoms with Crippen LogP contribution in [0.25, 0.3) is 22.3 Å². The van der Waals surface area contributed by atoms with Gasteiger partial charge in [-0.25, -0.2) is 0 Å². The molecule has 0 bridgehead atoms. The average molecular weight is 298 g/mol. The summed E-state index contributed by atoms with van der Waals surface area (Å²) in [4.78, 5) is 23.3. The van der Waals surface area contributed by atoms with Crippen molar-refractivity contribution in [3.05, 3.63) is 52.2 Å². The van der Waals surface area contributed by atoms with Crippen LogP contribution in [-0.2, 0) is 0 Å². The summed E-state index contributed by atoms with van der Waals surface area (Å²) < 4.78 is 5.52. The molecule has 110 valence electrons. The molecular formula is C16H10O6. The highest BCUT2D eigenvalue weighted by Gasteiger charge is 2.17. The van der Waals surface area contributed by atoms with E-state index in [4.69, 9.17) is 4.42 Å². The molecule has 0 spiro atoms. The third kappa shape index (κ3) is 2.07. The Hall–Kier alpha value is -3.28. The van der Waals surface area contributed by atoms with E-state index in [-0.39, 0.29) is 28.0 Å². The number of aromatic hydroxyl groups is 3. The number of fused-ring (bicyclic) bond motifs is 1. The van der Waals surface area contributed by atoms with Gasteiger partial charge < -0.3 is 19.7 Å². The summed E-state index contributed by atoms with van der Waals surface area (Å²) in [5, 5.41) is 28.6. The molecule has 3 rings (SSSR count). The summed E-state index contributed by atoms with van der Waals surface area (Å²) >= 11 is 0. The van der Waals surface area contributed by atoms with Crippen molar-refractivity contribution in [1.82, 2.24) is 0 Å². The van der Waals surface area contributed by atoms with Gasteiger partial charge in [0.1, 0.15) is 28.4 Å². The molecule has 0 saturated carbocycles. The Labute approximate surface area is 123 Å². The van der Waals surface area contributed by atoms with Gasteiger partial charge in [0.2, 0.25) is 0 Å². The number of rotatable bonds is 2. The average Bonchev–Trinajstić information content (AvgIpc) is 2.47. The Morgan fingerprint density at radius 1 is 0.955 bits per heavy atom. The number of phenols is 3. The summed E-state index contributed by atoms with van der Waals surface area (Å²) in [6, 6.07) is 7.98. The van der Waals surface area contributed by atoms with E-state index in [1.54, 1.807) is 0 Å². The molecule has 0 aliphatic rings. The van der Waals surface area contributed by atoms with Crippen molar-refractivity contribution < 1.29 is 24.5 Å². The van der Waals surface area contributed by atoms with Crippen molar-refractivity contribution in [1.29, 1.82) is 0 Å². The molecule has 0 unspecified atom stereocenters. The fourth-order valence-electron chi connectivity index (χ4n) is 2.20. The first-order chi connectivity index (χ1) is 10.5. The molecule has 0 atom stereocenters. The van der Waals surface area contributed by atoms with Crippen molar-refractivity contribution in [2.45, 2.75) is 0 Å². The molecule has 0 fully saturated rings. The fraction of sp³-hybridized carbons (Fsp3) is 0. The minimum Gasteiger partial charge on any atom is -0.508 e. The highest BCUT2D eigenvalue weighted by Crippen LogP contribution is 2.34. The van der Waals surface area contributed by atoms with E-state index in [0.29, 0.717) is 11.8 Å². The van der Waals surface area contributed by atoms with Gasteiger partial charge in [-0.3, -0.25) is 9.59 Å². The van der Waals surface area contributed by atoms with E-state index >= 15 is 0 Å². The maximum atomic E-state index is 12.2. The van der Waals surface area contributed by atoms with Crippen molar-refractivity contribution in [2.24, 2.45) is 0 Å². The third-order valence-corrected chi connectivity index (χ3v) is 3.27. The number of hydrogen-bond acceptors (Lipinski definition) is 6. The lowest BCUT2D eigenvalue weighted by molar-refractivity contribution is 0.112. The second-order valence-corrected chi connectivity index (χ2v) is 4.67. The molecule has 3 N–H and O–H groups in total. The van der Waals surface area contributed by atoms with Crippen molar-refractivity contribution in [3.63, 3.8) is 0 Å². The van der Waals surface area contributed by atoms with Crippen LogP contribution in [0.3, 0.4) is 0 Å². The lowest BCUT2D eigenvalue weighted by atomic mass is 10.1. The molecule has 3 aromatic rings. The van der Waals surface area contributed by atoms with E-state index < -0.39 is 16.9 Å². The van der Waals surface area contributed by atoms with Gasteiger partial charge in [0.05, 0.1) is 5.56 Å². The van der Waals surface area contributed by atoms with Gasteiger partial charge >= 0.3 is 0 Å². The van der Waals surface area contributed by atoms with Gasteiger partial charge in [-0.05, 0) is 24.3 Å². The number of carbonyl (C=O) groups is 1. The van der Waals surface area contributed by atoms with Crippen LogP contribution in [0, 0.1) is 0 Å². The standard InChI is InChI=1S/C16H10O6/c17-7-10-11(19)5-12(20)15-13(21)6-14(22-16(10)15)8-1-3-9(18)4-2-8/h1-7,18-20H. The Kier molecular flexibility index (Phi) is 3.06. The highest BCUT2D eigenvalue weighted by atomic mass is 16.3. The molecule has 0 amide bonds. The molecule has 6 heteroatoms. The quantitative estimate of drug-likeness (QED) is 0.627. The smallest absolute Gasteiger partial charge is 0.197 e. The van der Waals surface area contributed by atoms with Gasteiger partial charge in [0, 0.05) is 17.7 Å². The van der Waals surface area contributed by atoms with E-state index in [0.717, 1.165) is 6.07 Å². The number of benzene rings is 2. The van der Waals surface area contributed by atoms with Gasteiger partial charge in [-0.1, -0.05) is 0 Å². The number of hydrogen-bond donors (Lipinski definition) is 3. The van der Waals surface area contributed by atoms with Gasteiger partial charge in [0.15, 0.2) is 17.3 Å². The highest BCUT2D eigenvalue weighted by molar-refractivity contribution is 6.00. The number of aldehydes is 1. The van der Waals surface area contributed by atoms with Gasteiger partial charge in [-0.2, -0.15) is 0 Å². The SMILES string of the molecule is O=Cc1c(O)cc(O)c2c(=O)cc(-c3ccc(O)cc3)oc12. The summed E-state index contributed by atoms with van der Waals surface area (Å²) in [6.45, 7) is 0. The molecule has 2 aromatic carbocycles. The zero-order valence-electron chi connectivity index (χ0n) is 11.1.